The summed E-state index contributed by atoms with van der Waals surface area (Å²) in [6.45, 7) is 4.35. The maximum atomic E-state index is 13.8. The molecule has 35 heavy (non-hydrogen) atoms. The van der Waals surface area contributed by atoms with E-state index in [-0.39, 0.29) is 18.3 Å². The lowest BCUT2D eigenvalue weighted by molar-refractivity contribution is 0.0391. The first-order valence-electron chi connectivity index (χ1n) is 10.9. The molecule has 190 valence electrons. The number of thiazole rings is 1. The molecule has 1 aliphatic rings. The van der Waals surface area contributed by atoms with E-state index in [9.17, 15) is 4.79 Å². The molecule has 1 saturated heterocycles. The average molecular weight is 540 g/mol. The van der Waals surface area contributed by atoms with Crippen molar-refractivity contribution in [1.29, 1.82) is 0 Å². The number of halogens is 1. The molecule has 0 N–H and O–H groups in total. The predicted molar refractivity (Wildman–Crippen MR) is 144 cm³/mol. The van der Waals surface area contributed by atoms with Crippen molar-refractivity contribution >= 4 is 56.8 Å². The lowest BCUT2D eigenvalue weighted by Gasteiger charge is -2.29. The number of nitrogens with zero attached hydrogens (tertiary/aromatic N) is 3. The number of carbonyl (C=O) groups excluding carboxylic acids is 1. The molecule has 11 heteroatoms. The number of carbonyl (C=O) groups is 1. The van der Waals surface area contributed by atoms with E-state index in [2.05, 4.69) is 17.0 Å². The normalized spacial score (nSPS) is 13.8. The van der Waals surface area contributed by atoms with E-state index >= 15 is 0 Å². The van der Waals surface area contributed by atoms with Gasteiger partial charge in [-0.3, -0.25) is 14.6 Å². The summed E-state index contributed by atoms with van der Waals surface area (Å²) in [5.41, 5.74) is 1.33. The second-order valence-corrected chi connectivity index (χ2v) is 9.54. The maximum Gasteiger partial charge on any atom is 0.260 e. The number of rotatable bonds is 9. The van der Waals surface area contributed by atoms with Crippen molar-refractivity contribution in [2.45, 2.75) is 4.90 Å². The molecule has 0 atom stereocenters. The van der Waals surface area contributed by atoms with Gasteiger partial charge in [0.2, 0.25) is 5.75 Å². The highest BCUT2D eigenvalue weighted by atomic mass is 35.5. The first-order valence-corrected chi connectivity index (χ1v) is 13.0. The van der Waals surface area contributed by atoms with Gasteiger partial charge in [-0.05, 0) is 36.6 Å². The number of benzene rings is 2. The molecule has 0 aliphatic carbocycles. The van der Waals surface area contributed by atoms with E-state index in [0.717, 1.165) is 29.9 Å². The molecule has 0 unspecified atom stereocenters. The molecule has 8 nitrogen and oxygen atoms in total. The Labute approximate surface area is 219 Å². The number of methoxy groups -OCH3 is 3. The first-order chi connectivity index (χ1) is 16.6. The maximum absolute atomic E-state index is 13.8. The van der Waals surface area contributed by atoms with Crippen molar-refractivity contribution in [1.82, 2.24) is 9.88 Å². The van der Waals surface area contributed by atoms with Crippen LogP contribution in [0.15, 0.2) is 35.2 Å². The van der Waals surface area contributed by atoms with Crippen LogP contribution >= 0.6 is 35.5 Å². The zero-order valence-corrected chi connectivity index (χ0v) is 22.7. The van der Waals surface area contributed by atoms with Crippen LogP contribution in [0.1, 0.15) is 10.4 Å². The lowest BCUT2D eigenvalue weighted by Crippen LogP contribution is -2.43. The molecule has 0 bridgehead atoms. The molecule has 0 spiro atoms. The number of aromatic nitrogens is 1. The summed E-state index contributed by atoms with van der Waals surface area (Å²) in [4.78, 5) is 23.9. The van der Waals surface area contributed by atoms with Gasteiger partial charge in [0.1, 0.15) is 0 Å². The summed E-state index contributed by atoms with van der Waals surface area (Å²) in [7, 11) is 4.62. The number of hydrogen-bond acceptors (Lipinski definition) is 9. The zero-order chi connectivity index (χ0) is 24.1. The number of morpholine rings is 1. The van der Waals surface area contributed by atoms with E-state index < -0.39 is 0 Å². The molecule has 2 aromatic carbocycles. The smallest absolute Gasteiger partial charge is 0.260 e. The molecule has 1 aromatic heterocycles. The second kappa shape index (κ2) is 12.6. The topological polar surface area (TPSA) is 73.4 Å². The minimum Gasteiger partial charge on any atom is -0.493 e. The molecule has 3 aromatic rings. The van der Waals surface area contributed by atoms with Crippen molar-refractivity contribution in [2.75, 3.05) is 71.9 Å². The van der Waals surface area contributed by atoms with Crippen LogP contribution in [0.2, 0.25) is 0 Å². The molecule has 1 aliphatic heterocycles. The molecule has 0 saturated carbocycles. The van der Waals surface area contributed by atoms with E-state index in [1.165, 1.54) is 16.2 Å². The lowest BCUT2D eigenvalue weighted by atomic mass is 10.1. The Balaban J connectivity index is 0.00000342. The van der Waals surface area contributed by atoms with Crippen LogP contribution in [0.4, 0.5) is 5.13 Å². The fourth-order valence-electron chi connectivity index (χ4n) is 3.85. The Morgan fingerprint density at radius 2 is 1.80 bits per heavy atom. The monoisotopic (exact) mass is 539 g/mol. The van der Waals surface area contributed by atoms with Crippen LogP contribution in [0, 0.1) is 0 Å². The van der Waals surface area contributed by atoms with E-state index in [0.29, 0.717) is 47.7 Å². The van der Waals surface area contributed by atoms with Crippen molar-refractivity contribution in [3.63, 3.8) is 0 Å². The van der Waals surface area contributed by atoms with Gasteiger partial charge >= 0.3 is 0 Å². The number of hydrogen-bond donors (Lipinski definition) is 0. The van der Waals surface area contributed by atoms with Gasteiger partial charge in [0.25, 0.3) is 5.91 Å². The van der Waals surface area contributed by atoms with Crippen LogP contribution in [0.5, 0.6) is 17.2 Å². The molecule has 0 radical (unpaired) electrons. The summed E-state index contributed by atoms with van der Waals surface area (Å²) in [6.07, 6.45) is 2.05. The summed E-state index contributed by atoms with van der Waals surface area (Å²) < 4.78 is 22.9. The van der Waals surface area contributed by atoms with Crippen LogP contribution in [-0.4, -0.2) is 82.8 Å². The van der Waals surface area contributed by atoms with Crippen molar-refractivity contribution < 1.29 is 23.7 Å². The van der Waals surface area contributed by atoms with Gasteiger partial charge < -0.3 is 18.9 Å². The van der Waals surface area contributed by atoms with Gasteiger partial charge in [-0.2, -0.15) is 0 Å². The summed E-state index contributed by atoms with van der Waals surface area (Å²) >= 11 is 3.21. The van der Waals surface area contributed by atoms with Gasteiger partial charge in [-0.15, -0.1) is 24.2 Å². The SMILES string of the molecule is COc1cc(C(=O)N(CCN2CCOCC2)c2nc3ccc(SC)cc3s2)cc(OC)c1OC.Cl. The summed E-state index contributed by atoms with van der Waals surface area (Å²) in [5, 5.41) is 0.667. The van der Waals surface area contributed by atoms with Crippen LogP contribution < -0.4 is 19.1 Å². The highest BCUT2D eigenvalue weighted by Gasteiger charge is 2.25. The fraction of sp³-hybridized carbons (Fsp3) is 0.417. The minimum atomic E-state index is -0.170. The van der Waals surface area contributed by atoms with Gasteiger partial charge in [-0.25, -0.2) is 4.98 Å². The molecule has 4 rings (SSSR count). The van der Waals surface area contributed by atoms with E-state index in [4.69, 9.17) is 23.9 Å². The molecule has 1 fully saturated rings. The standard InChI is InChI=1S/C24H29N3O5S2.ClH/c1-29-19-13-16(14-20(30-2)22(19)31-3)23(28)27(8-7-26-9-11-32-12-10-26)24-25-18-6-5-17(33-4)15-21(18)34-24;/h5-6,13-15H,7-12H2,1-4H3;1H. The van der Waals surface area contributed by atoms with Crippen molar-refractivity contribution in [3.8, 4) is 17.2 Å². The molecule has 1 amide bonds. The third kappa shape index (κ3) is 6.13. The quantitative estimate of drug-likeness (QED) is 0.369. The zero-order valence-electron chi connectivity index (χ0n) is 20.2. The third-order valence-corrected chi connectivity index (χ3v) is 7.48. The Kier molecular flexibility index (Phi) is 9.88. The Hall–Kier alpha value is -2.24. The van der Waals surface area contributed by atoms with Gasteiger partial charge in [-0.1, -0.05) is 11.3 Å². The molecule has 2 heterocycles. The molecular formula is C24H30ClN3O5S2. The first kappa shape index (κ1) is 27.3. The Morgan fingerprint density at radius 3 is 2.40 bits per heavy atom. The van der Waals surface area contributed by atoms with E-state index in [1.54, 1.807) is 50.1 Å². The largest absolute Gasteiger partial charge is 0.493 e. The Bertz CT molecular complexity index is 1130. The van der Waals surface area contributed by atoms with E-state index in [1.807, 2.05) is 12.3 Å². The fourth-order valence-corrected chi connectivity index (χ4v) is 5.39. The van der Waals surface area contributed by atoms with Crippen molar-refractivity contribution in [2.24, 2.45) is 0 Å². The number of fused-ring (bicyclic) bond motifs is 1. The van der Waals surface area contributed by atoms with Crippen LogP contribution in [0.3, 0.4) is 0 Å². The van der Waals surface area contributed by atoms with Gasteiger partial charge in [0.15, 0.2) is 16.6 Å². The predicted octanol–water partition coefficient (Wildman–Crippen LogP) is 4.44. The Morgan fingerprint density at radius 1 is 1.11 bits per heavy atom. The van der Waals surface area contributed by atoms with Gasteiger partial charge in [0.05, 0.1) is 44.8 Å². The summed E-state index contributed by atoms with van der Waals surface area (Å²) in [6, 6.07) is 9.54. The highest BCUT2D eigenvalue weighted by molar-refractivity contribution is 7.98. The third-order valence-electron chi connectivity index (χ3n) is 5.72. The number of amides is 1. The summed E-state index contributed by atoms with van der Waals surface area (Å²) in [5.74, 6) is 1.15. The minimum absolute atomic E-state index is 0. The van der Waals surface area contributed by atoms with Crippen LogP contribution in [0.25, 0.3) is 10.2 Å². The van der Waals surface area contributed by atoms with Crippen molar-refractivity contribution in [3.05, 3.63) is 35.9 Å². The van der Waals surface area contributed by atoms with Crippen LogP contribution in [-0.2, 0) is 4.74 Å². The highest BCUT2D eigenvalue weighted by Crippen LogP contribution is 2.39. The average Bonchev–Trinajstić information content (AvgIpc) is 3.31. The number of ether oxygens (including phenoxy) is 4. The molecular weight excluding hydrogens is 510 g/mol. The number of anilines is 1. The van der Waals surface area contributed by atoms with Gasteiger partial charge in [0, 0.05) is 36.6 Å². The second-order valence-electron chi connectivity index (χ2n) is 7.65. The number of thioether (sulfide) groups is 1.